The third kappa shape index (κ3) is 6.68. The van der Waals surface area contributed by atoms with Gasteiger partial charge in [0.2, 0.25) is 0 Å². The van der Waals surface area contributed by atoms with E-state index in [-0.39, 0.29) is 5.82 Å². The van der Waals surface area contributed by atoms with Crippen LogP contribution in [0.2, 0.25) is 0 Å². The third-order valence-corrected chi connectivity index (χ3v) is 13.6. The highest BCUT2D eigenvalue weighted by atomic mass is 32.2. The van der Waals surface area contributed by atoms with Crippen LogP contribution in [0.5, 0.6) is 0 Å². The maximum absolute atomic E-state index is 15.8. The van der Waals surface area contributed by atoms with Crippen LogP contribution >= 0.6 is 11.8 Å². The molecular formula is C60H39FN2S. The van der Waals surface area contributed by atoms with E-state index in [9.17, 15) is 0 Å². The molecule has 0 fully saturated rings. The number of rotatable bonds is 8. The predicted molar refractivity (Wildman–Crippen MR) is 269 cm³/mol. The molecule has 0 amide bonds. The van der Waals surface area contributed by atoms with Gasteiger partial charge >= 0.3 is 0 Å². The number of anilines is 6. The van der Waals surface area contributed by atoms with Gasteiger partial charge in [-0.15, -0.1) is 0 Å². The first-order valence-corrected chi connectivity index (χ1v) is 22.4. The zero-order chi connectivity index (χ0) is 42.6. The highest BCUT2D eigenvalue weighted by Gasteiger charge is 2.24. The van der Waals surface area contributed by atoms with E-state index in [2.05, 4.69) is 198 Å². The molecule has 11 aromatic rings. The van der Waals surface area contributed by atoms with Crippen LogP contribution in [0.1, 0.15) is 0 Å². The quantitative estimate of drug-likeness (QED) is 0.151. The summed E-state index contributed by atoms with van der Waals surface area (Å²) < 4.78 is 15.8. The number of benzene rings is 11. The Morgan fingerprint density at radius 2 is 0.859 bits per heavy atom. The normalized spacial score (nSPS) is 11.8. The highest BCUT2D eigenvalue weighted by Crippen LogP contribution is 2.52. The second-order valence-electron chi connectivity index (χ2n) is 16.3. The van der Waals surface area contributed by atoms with Gasteiger partial charge in [-0.25, -0.2) is 4.39 Å². The van der Waals surface area contributed by atoms with E-state index in [1.54, 1.807) is 23.9 Å². The number of nitrogens with zero attached hydrogens (tertiary/aromatic N) is 2. The fraction of sp³-hybridized carbons (Fsp3) is 0. The number of fused-ring (bicyclic) bond motifs is 4. The van der Waals surface area contributed by atoms with Crippen molar-refractivity contribution in [3.63, 3.8) is 0 Å². The van der Waals surface area contributed by atoms with Crippen LogP contribution in [0.3, 0.4) is 0 Å². The molecule has 0 radical (unpaired) electrons. The van der Waals surface area contributed by atoms with Crippen LogP contribution in [0.15, 0.2) is 246 Å². The van der Waals surface area contributed by atoms with Crippen LogP contribution < -0.4 is 9.80 Å². The first-order valence-electron chi connectivity index (χ1n) is 21.6. The molecule has 12 rings (SSSR count). The number of hydrogen-bond donors (Lipinski definition) is 0. The molecule has 2 nitrogen and oxygen atoms in total. The molecule has 302 valence electrons. The minimum Gasteiger partial charge on any atom is -0.310 e. The van der Waals surface area contributed by atoms with Crippen molar-refractivity contribution in [3.05, 3.63) is 242 Å². The van der Waals surface area contributed by atoms with Crippen molar-refractivity contribution in [1.29, 1.82) is 0 Å². The molecule has 0 unspecified atom stereocenters. The second kappa shape index (κ2) is 15.8. The summed E-state index contributed by atoms with van der Waals surface area (Å²) in [5, 5.41) is 7.15. The van der Waals surface area contributed by atoms with Crippen LogP contribution in [-0.4, -0.2) is 0 Å². The van der Waals surface area contributed by atoms with Gasteiger partial charge in [0.1, 0.15) is 5.82 Å². The smallest absolute Gasteiger partial charge is 0.125 e. The highest BCUT2D eigenvalue weighted by molar-refractivity contribution is 7.99. The summed E-state index contributed by atoms with van der Waals surface area (Å²) in [7, 11) is 0. The third-order valence-electron chi connectivity index (χ3n) is 12.4. The lowest BCUT2D eigenvalue weighted by atomic mass is 9.91. The minimum atomic E-state index is -0.279. The van der Waals surface area contributed by atoms with Crippen molar-refractivity contribution in [3.8, 4) is 33.4 Å². The van der Waals surface area contributed by atoms with E-state index in [1.807, 2.05) is 36.4 Å². The van der Waals surface area contributed by atoms with Crippen LogP contribution in [0, 0.1) is 5.82 Å². The number of para-hydroxylation sites is 2. The summed E-state index contributed by atoms with van der Waals surface area (Å²) in [5.74, 6) is -0.279. The Morgan fingerprint density at radius 3 is 1.66 bits per heavy atom. The van der Waals surface area contributed by atoms with Crippen molar-refractivity contribution in [2.45, 2.75) is 9.79 Å². The standard InChI is InChI=1S/C60H39FN2S/c61-45-35-44(53-22-11-16-41-14-9-10-21-52(41)53)37-51(38-45)63(47-19-5-2-6-20-47)50-31-32-55-57-34-33-54(56-23-12-24-58(60(56)57)64-59(55)39-50)42-26-28-48(29-27-42)62(46-17-3-1-4-18-46)49-30-25-40-13-7-8-15-43(40)36-49/h1-39H. The van der Waals surface area contributed by atoms with Gasteiger partial charge in [0.05, 0.1) is 0 Å². The monoisotopic (exact) mass is 838 g/mol. The molecule has 1 heterocycles. The Hall–Kier alpha value is -7.92. The van der Waals surface area contributed by atoms with Gasteiger partial charge in [-0.05, 0) is 145 Å². The Bertz CT molecular complexity index is 3550. The van der Waals surface area contributed by atoms with Gasteiger partial charge in [-0.2, -0.15) is 0 Å². The Balaban J connectivity index is 0.918. The lowest BCUT2D eigenvalue weighted by Crippen LogP contribution is -2.11. The maximum atomic E-state index is 15.8. The molecule has 0 saturated carbocycles. The van der Waals surface area contributed by atoms with Crippen molar-refractivity contribution >= 4 is 78.2 Å². The van der Waals surface area contributed by atoms with E-state index >= 15 is 4.39 Å². The average Bonchev–Trinajstić information content (AvgIpc) is 3.35. The van der Waals surface area contributed by atoms with Crippen molar-refractivity contribution in [2.24, 2.45) is 0 Å². The van der Waals surface area contributed by atoms with E-state index in [4.69, 9.17) is 0 Å². The lowest BCUT2D eigenvalue weighted by Gasteiger charge is -2.28. The van der Waals surface area contributed by atoms with Crippen molar-refractivity contribution in [2.75, 3.05) is 9.80 Å². The van der Waals surface area contributed by atoms with Crippen molar-refractivity contribution < 1.29 is 4.39 Å². The van der Waals surface area contributed by atoms with E-state index in [1.165, 1.54) is 48.7 Å². The van der Waals surface area contributed by atoms with Gasteiger partial charge in [-0.3, -0.25) is 0 Å². The Morgan fingerprint density at radius 1 is 0.297 bits per heavy atom. The maximum Gasteiger partial charge on any atom is 0.125 e. The first kappa shape index (κ1) is 37.8. The molecule has 0 spiro atoms. The second-order valence-corrected chi connectivity index (χ2v) is 17.4. The molecule has 0 bridgehead atoms. The average molecular weight is 839 g/mol. The zero-order valence-corrected chi connectivity index (χ0v) is 35.5. The van der Waals surface area contributed by atoms with Crippen LogP contribution in [-0.2, 0) is 0 Å². The molecule has 0 N–H and O–H groups in total. The summed E-state index contributed by atoms with van der Waals surface area (Å²) >= 11 is 1.80. The SMILES string of the molecule is Fc1cc(-c2cccc3ccccc23)cc(N(c2ccccc2)c2ccc3c(c2)Sc2cccc4c(-c5ccc(N(c6ccccc6)c6ccc7ccccc7c6)cc5)ccc-3c24)c1. The molecule has 1 aliphatic heterocycles. The number of hydrogen-bond acceptors (Lipinski definition) is 3. The predicted octanol–water partition coefficient (Wildman–Crippen LogP) is 17.7. The minimum absolute atomic E-state index is 0.279. The Labute approximate surface area is 376 Å². The summed E-state index contributed by atoms with van der Waals surface area (Å²) in [6.45, 7) is 0. The fourth-order valence-corrected chi connectivity index (χ4v) is 10.7. The fourth-order valence-electron chi connectivity index (χ4n) is 9.50. The van der Waals surface area contributed by atoms with E-state index in [0.717, 1.165) is 60.9 Å². The summed E-state index contributed by atoms with van der Waals surface area (Å²) in [6, 6.07) is 82.8. The first-order chi connectivity index (χ1) is 31.6. The van der Waals surface area contributed by atoms with Gasteiger partial charge in [-0.1, -0.05) is 163 Å². The zero-order valence-electron chi connectivity index (χ0n) is 34.7. The molecule has 0 atom stereocenters. The molecule has 0 aliphatic carbocycles. The Kier molecular flexibility index (Phi) is 9.31. The molecular weight excluding hydrogens is 800 g/mol. The summed E-state index contributed by atoms with van der Waals surface area (Å²) in [4.78, 5) is 6.88. The topological polar surface area (TPSA) is 6.48 Å². The lowest BCUT2D eigenvalue weighted by molar-refractivity contribution is 0.628. The van der Waals surface area contributed by atoms with Crippen LogP contribution in [0.4, 0.5) is 38.5 Å². The molecule has 0 saturated heterocycles. The molecule has 0 aromatic heterocycles. The summed E-state index contributed by atoms with van der Waals surface area (Å²) in [6.07, 6.45) is 0. The number of halogens is 1. The molecule has 1 aliphatic rings. The van der Waals surface area contributed by atoms with Crippen LogP contribution in [0.25, 0.3) is 65.7 Å². The van der Waals surface area contributed by atoms with Gasteiger partial charge in [0.25, 0.3) is 0 Å². The van der Waals surface area contributed by atoms with E-state index in [0.29, 0.717) is 0 Å². The largest absolute Gasteiger partial charge is 0.310 e. The molecule has 64 heavy (non-hydrogen) atoms. The van der Waals surface area contributed by atoms with Gasteiger partial charge in [0, 0.05) is 49.3 Å². The molecule has 4 heteroatoms. The van der Waals surface area contributed by atoms with Crippen molar-refractivity contribution in [1.82, 2.24) is 0 Å². The van der Waals surface area contributed by atoms with E-state index < -0.39 is 0 Å². The van der Waals surface area contributed by atoms with Gasteiger partial charge < -0.3 is 9.80 Å². The van der Waals surface area contributed by atoms with Gasteiger partial charge in [0.15, 0.2) is 0 Å². The molecule has 11 aromatic carbocycles. The summed E-state index contributed by atoms with van der Waals surface area (Å²) in [5.41, 5.74) is 12.6.